The standard InChI is InChI=1S/C24H27N7O2/c32-24(26-14-15-5-6-25-13-15)16-1-3-19-18(11-16)22(30-29-19)23-27-20-4-2-17(12-21(20)28-23)31-7-9-33-10-8-31/h1-4,11-12,15,25H,5-10,13-14H2,(H,26,32)(H,27,28)(H,29,30)/t15-/m1/s1. The molecule has 2 aromatic heterocycles. The summed E-state index contributed by atoms with van der Waals surface area (Å²) in [7, 11) is 0. The van der Waals surface area contributed by atoms with Crippen LogP contribution in [0.5, 0.6) is 0 Å². The first-order valence-electron chi connectivity index (χ1n) is 11.5. The van der Waals surface area contributed by atoms with Crippen molar-refractivity contribution in [2.24, 2.45) is 5.92 Å². The van der Waals surface area contributed by atoms with Crippen molar-refractivity contribution < 1.29 is 9.53 Å². The van der Waals surface area contributed by atoms with Crippen LogP contribution in [0, 0.1) is 5.92 Å². The molecule has 0 unspecified atom stereocenters. The molecule has 6 rings (SSSR count). The molecule has 2 fully saturated rings. The van der Waals surface area contributed by atoms with E-state index in [-0.39, 0.29) is 5.91 Å². The van der Waals surface area contributed by atoms with E-state index < -0.39 is 0 Å². The second-order valence-corrected chi connectivity index (χ2v) is 8.79. The number of aromatic nitrogens is 4. The van der Waals surface area contributed by atoms with E-state index >= 15 is 0 Å². The van der Waals surface area contributed by atoms with E-state index in [0.29, 0.717) is 29.5 Å². The number of nitrogens with one attached hydrogen (secondary N) is 4. The van der Waals surface area contributed by atoms with Crippen molar-refractivity contribution >= 4 is 33.5 Å². The molecule has 2 saturated heterocycles. The fraction of sp³-hybridized carbons (Fsp3) is 0.375. The van der Waals surface area contributed by atoms with Crippen LogP contribution in [-0.2, 0) is 4.74 Å². The second-order valence-electron chi connectivity index (χ2n) is 8.79. The molecule has 1 atom stereocenters. The summed E-state index contributed by atoms with van der Waals surface area (Å²) in [5, 5.41) is 14.8. The highest BCUT2D eigenvalue weighted by Crippen LogP contribution is 2.29. The Morgan fingerprint density at radius 3 is 2.91 bits per heavy atom. The maximum absolute atomic E-state index is 12.7. The molecule has 0 saturated carbocycles. The minimum absolute atomic E-state index is 0.0595. The zero-order valence-electron chi connectivity index (χ0n) is 18.4. The summed E-state index contributed by atoms with van der Waals surface area (Å²) >= 11 is 0. The van der Waals surface area contributed by atoms with Gasteiger partial charge in [0.15, 0.2) is 5.82 Å². The maximum atomic E-state index is 12.7. The van der Waals surface area contributed by atoms with Crippen molar-refractivity contribution in [2.45, 2.75) is 6.42 Å². The van der Waals surface area contributed by atoms with Crippen LogP contribution >= 0.6 is 0 Å². The lowest BCUT2D eigenvalue weighted by Gasteiger charge is -2.28. The third kappa shape index (κ3) is 3.94. The van der Waals surface area contributed by atoms with Crippen molar-refractivity contribution in [3.8, 4) is 11.5 Å². The molecule has 2 aromatic carbocycles. The van der Waals surface area contributed by atoms with E-state index in [1.165, 1.54) is 0 Å². The molecule has 0 spiro atoms. The lowest BCUT2D eigenvalue weighted by Crippen LogP contribution is -2.36. The SMILES string of the molecule is O=C(NC[C@@H]1CCNC1)c1ccc2[nH]nc(-c3nc4ccc(N5CCOCC5)cc4[nH]3)c2c1. The van der Waals surface area contributed by atoms with Gasteiger partial charge in [-0.1, -0.05) is 0 Å². The number of aromatic amines is 2. The Bertz CT molecular complexity index is 1300. The lowest BCUT2D eigenvalue weighted by atomic mass is 10.1. The molecule has 4 heterocycles. The highest BCUT2D eigenvalue weighted by molar-refractivity contribution is 6.01. The number of hydrogen-bond acceptors (Lipinski definition) is 6. The summed E-state index contributed by atoms with van der Waals surface area (Å²) in [6.07, 6.45) is 1.10. The Hall–Kier alpha value is -3.43. The first kappa shape index (κ1) is 20.2. The normalized spacial score (nSPS) is 18.9. The van der Waals surface area contributed by atoms with Crippen LogP contribution in [0.4, 0.5) is 5.69 Å². The van der Waals surface area contributed by atoms with Gasteiger partial charge in [-0.3, -0.25) is 9.89 Å². The number of nitrogens with zero attached hydrogens (tertiary/aromatic N) is 3. The van der Waals surface area contributed by atoms with Crippen molar-refractivity contribution in [3.63, 3.8) is 0 Å². The van der Waals surface area contributed by atoms with Gasteiger partial charge in [0.1, 0.15) is 5.69 Å². The first-order chi connectivity index (χ1) is 16.2. The van der Waals surface area contributed by atoms with Crippen LogP contribution in [0.15, 0.2) is 36.4 Å². The van der Waals surface area contributed by atoms with E-state index in [1.54, 1.807) is 0 Å². The molecular formula is C24H27N7O2. The highest BCUT2D eigenvalue weighted by Gasteiger charge is 2.18. The van der Waals surface area contributed by atoms with Gasteiger partial charge in [0.2, 0.25) is 0 Å². The van der Waals surface area contributed by atoms with Gasteiger partial charge in [-0.15, -0.1) is 0 Å². The monoisotopic (exact) mass is 445 g/mol. The molecule has 1 amide bonds. The third-order valence-corrected chi connectivity index (χ3v) is 6.60. The number of anilines is 1. The van der Waals surface area contributed by atoms with Crippen LogP contribution in [-0.4, -0.2) is 72.0 Å². The van der Waals surface area contributed by atoms with Gasteiger partial charge in [-0.2, -0.15) is 5.10 Å². The Labute approximate surface area is 190 Å². The number of morpholine rings is 1. The summed E-state index contributed by atoms with van der Waals surface area (Å²) in [6, 6.07) is 11.9. The fourth-order valence-corrected chi connectivity index (χ4v) is 4.69. The molecular weight excluding hydrogens is 418 g/mol. The number of carbonyl (C=O) groups excluding carboxylic acids is 1. The number of H-pyrrole nitrogens is 2. The maximum Gasteiger partial charge on any atom is 0.251 e. The topological polar surface area (TPSA) is 111 Å². The molecule has 9 heteroatoms. The number of fused-ring (bicyclic) bond motifs is 2. The summed E-state index contributed by atoms with van der Waals surface area (Å²) in [6.45, 7) is 5.95. The van der Waals surface area contributed by atoms with E-state index in [2.05, 4.69) is 42.8 Å². The van der Waals surface area contributed by atoms with Crippen molar-refractivity contribution in [1.82, 2.24) is 30.8 Å². The zero-order chi connectivity index (χ0) is 22.2. The van der Waals surface area contributed by atoms with Crippen LogP contribution in [0.25, 0.3) is 33.5 Å². The second kappa shape index (κ2) is 8.49. The van der Waals surface area contributed by atoms with Gasteiger partial charge in [0, 0.05) is 36.3 Å². The molecule has 2 aliphatic rings. The summed E-state index contributed by atoms with van der Waals surface area (Å²) in [5.74, 6) is 1.13. The van der Waals surface area contributed by atoms with Crippen molar-refractivity contribution in [3.05, 3.63) is 42.0 Å². The van der Waals surface area contributed by atoms with Crippen LogP contribution in [0.1, 0.15) is 16.8 Å². The quantitative estimate of drug-likeness (QED) is 0.375. The number of imidazole rings is 1. The van der Waals surface area contributed by atoms with Crippen molar-refractivity contribution in [2.75, 3.05) is 50.8 Å². The van der Waals surface area contributed by atoms with E-state index in [4.69, 9.17) is 9.72 Å². The molecule has 0 bridgehead atoms. The van der Waals surface area contributed by atoms with Crippen molar-refractivity contribution in [1.29, 1.82) is 0 Å². The number of hydrogen-bond donors (Lipinski definition) is 4. The van der Waals surface area contributed by atoms with E-state index in [9.17, 15) is 4.79 Å². The number of amides is 1. The van der Waals surface area contributed by atoms with Gasteiger partial charge < -0.3 is 25.3 Å². The number of rotatable bonds is 5. The van der Waals surface area contributed by atoms with Gasteiger partial charge in [0.05, 0.1) is 29.8 Å². The Balaban J connectivity index is 1.28. The molecule has 170 valence electrons. The predicted octanol–water partition coefficient (Wildman–Crippen LogP) is 2.28. The molecule has 9 nitrogen and oxygen atoms in total. The number of benzene rings is 2. The fourth-order valence-electron chi connectivity index (χ4n) is 4.69. The highest BCUT2D eigenvalue weighted by atomic mass is 16.5. The molecule has 0 radical (unpaired) electrons. The molecule has 33 heavy (non-hydrogen) atoms. The molecule has 0 aliphatic carbocycles. The van der Waals surface area contributed by atoms with Gasteiger partial charge in [-0.25, -0.2) is 4.98 Å². The van der Waals surface area contributed by atoms with Crippen LogP contribution in [0.3, 0.4) is 0 Å². The molecule has 2 aliphatic heterocycles. The summed E-state index contributed by atoms with van der Waals surface area (Å²) in [5.41, 5.74) is 5.22. The Kier molecular flexibility index (Phi) is 5.20. The average molecular weight is 446 g/mol. The van der Waals surface area contributed by atoms with E-state index in [1.807, 2.05) is 24.3 Å². The smallest absolute Gasteiger partial charge is 0.251 e. The number of carbonyl (C=O) groups is 1. The predicted molar refractivity (Wildman–Crippen MR) is 128 cm³/mol. The van der Waals surface area contributed by atoms with Gasteiger partial charge in [-0.05, 0) is 61.8 Å². The molecule has 4 N–H and O–H groups in total. The number of ether oxygens (including phenoxy) is 1. The largest absolute Gasteiger partial charge is 0.378 e. The Morgan fingerprint density at radius 2 is 2.06 bits per heavy atom. The van der Waals surface area contributed by atoms with Gasteiger partial charge in [0.25, 0.3) is 5.91 Å². The van der Waals surface area contributed by atoms with Crippen LogP contribution in [0.2, 0.25) is 0 Å². The first-order valence-corrected chi connectivity index (χ1v) is 11.5. The molecule has 4 aromatic rings. The van der Waals surface area contributed by atoms with E-state index in [0.717, 1.165) is 73.4 Å². The Morgan fingerprint density at radius 1 is 1.15 bits per heavy atom. The summed E-state index contributed by atoms with van der Waals surface area (Å²) < 4.78 is 5.47. The zero-order valence-corrected chi connectivity index (χ0v) is 18.4. The van der Waals surface area contributed by atoms with Gasteiger partial charge >= 0.3 is 0 Å². The summed E-state index contributed by atoms with van der Waals surface area (Å²) in [4.78, 5) is 23.3. The lowest BCUT2D eigenvalue weighted by molar-refractivity contribution is 0.0948. The van der Waals surface area contributed by atoms with Crippen LogP contribution < -0.4 is 15.5 Å². The minimum atomic E-state index is -0.0595. The average Bonchev–Trinajstić information content (AvgIpc) is 3.61. The third-order valence-electron chi connectivity index (χ3n) is 6.60. The minimum Gasteiger partial charge on any atom is -0.378 e.